The Bertz CT molecular complexity index is 1320. The van der Waals surface area contributed by atoms with Gasteiger partial charge in [-0.3, -0.25) is 9.59 Å². The van der Waals surface area contributed by atoms with Crippen molar-refractivity contribution in [2.24, 2.45) is 0 Å². The van der Waals surface area contributed by atoms with Crippen molar-refractivity contribution in [2.75, 3.05) is 5.32 Å². The molecule has 30 heavy (non-hydrogen) atoms. The maximum atomic E-state index is 13.2. The van der Waals surface area contributed by atoms with Crippen LogP contribution in [0.2, 0.25) is 0 Å². The average molecular weight is 401 g/mol. The Morgan fingerprint density at radius 2 is 1.70 bits per heavy atom. The predicted molar refractivity (Wildman–Crippen MR) is 117 cm³/mol. The molecule has 0 atom stereocenters. The van der Waals surface area contributed by atoms with Crippen molar-refractivity contribution in [3.05, 3.63) is 81.4 Å². The number of carbonyl (C=O) groups excluding carboxylic acids is 1. The number of carbonyl (C=O) groups is 1. The van der Waals surface area contributed by atoms with Crippen LogP contribution in [-0.2, 0) is 11.3 Å². The number of nitrogens with zero attached hydrogens (tertiary/aromatic N) is 4. The van der Waals surface area contributed by atoms with Gasteiger partial charge >= 0.3 is 0 Å². The maximum absolute atomic E-state index is 13.2. The van der Waals surface area contributed by atoms with Gasteiger partial charge in [-0.25, -0.2) is 9.36 Å². The fraction of sp³-hybridized carbons (Fsp3) is 0.217. The molecule has 0 saturated heterocycles. The van der Waals surface area contributed by atoms with Gasteiger partial charge in [0.1, 0.15) is 12.1 Å². The first-order valence-corrected chi connectivity index (χ1v) is 9.73. The smallest absolute Gasteiger partial charge is 0.293 e. The molecule has 1 N–H and O–H groups in total. The first kappa shape index (κ1) is 19.6. The second-order valence-corrected chi connectivity index (χ2v) is 7.57. The SMILES string of the molecule is Cc1ccc(NC(=O)Cn2nc(C)c3cnn(-c4ccc(C)cc4C)c3c2=O)cc1. The third-order valence-electron chi connectivity index (χ3n) is 5.08. The number of hydrogen-bond acceptors (Lipinski definition) is 4. The molecule has 0 bridgehead atoms. The largest absolute Gasteiger partial charge is 0.324 e. The minimum absolute atomic E-state index is 0.179. The summed E-state index contributed by atoms with van der Waals surface area (Å²) in [6, 6.07) is 13.5. The predicted octanol–water partition coefficient (Wildman–Crippen LogP) is 3.45. The van der Waals surface area contributed by atoms with Crippen LogP contribution in [0.25, 0.3) is 16.6 Å². The Morgan fingerprint density at radius 1 is 1.00 bits per heavy atom. The quantitative estimate of drug-likeness (QED) is 0.568. The minimum atomic E-state index is -0.355. The monoisotopic (exact) mass is 401 g/mol. The van der Waals surface area contributed by atoms with E-state index in [0.29, 0.717) is 22.3 Å². The molecule has 2 aromatic heterocycles. The van der Waals surface area contributed by atoms with Crippen molar-refractivity contribution in [1.29, 1.82) is 0 Å². The van der Waals surface area contributed by atoms with Crippen LogP contribution in [0.15, 0.2) is 53.5 Å². The van der Waals surface area contributed by atoms with Gasteiger partial charge in [0.2, 0.25) is 5.91 Å². The van der Waals surface area contributed by atoms with Crippen molar-refractivity contribution in [3.63, 3.8) is 0 Å². The van der Waals surface area contributed by atoms with E-state index in [2.05, 4.69) is 15.5 Å². The van der Waals surface area contributed by atoms with Gasteiger partial charge in [-0.05, 0) is 51.5 Å². The van der Waals surface area contributed by atoms with E-state index in [-0.39, 0.29) is 18.0 Å². The molecule has 2 aromatic carbocycles. The van der Waals surface area contributed by atoms with Crippen LogP contribution in [0, 0.1) is 27.7 Å². The van der Waals surface area contributed by atoms with Crippen LogP contribution in [0.4, 0.5) is 5.69 Å². The standard InChI is InChI=1S/C23H23N5O2/c1-14-5-8-18(9-6-14)25-21(29)13-27-23(30)22-19(17(4)26-27)12-24-28(22)20-10-7-15(2)11-16(20)3/h5-12H,13H2,1-4H3,(H,25,29). The molecule has 0 unspecified atom stereocenters. The average Bonchev–Trinajstić information content (AvgIpc) is 3.13. The molecule has 4 rings (SSSR count). The van der Waals surface area contributed by atoms with Gasteiger partial charge in [-0.2, -0.15) is 10.2 Å². The second-order valence-electron chi connectivity index (χ2n) is 7.57. The third-order valence-corrected chi connectivity index (χ3v) is 5.08. The normalized spacial score (nSPS) is 11.1. The number of aromatic nitrogens is 4. The summed E-state index contributed by atoms with van der Waals surface area (Å²) in [6.45, 7) is 7.61. The highest BCUT2D eigenvalue weighted by Gasteiger charge is 2.17. The summed E-state index contributed by atoms with van der Waals surface area (Å²) >= 11 is 0. The Morgan fingerprint density at radius 3 is 2.40 bits per heavy atom. The van der Waals surface area contributed by atoms with Gasteiger partial charge in [-0.1, -0.05) is 35.4 Å². The van der Waals surface area contributed by atoms with E-state index >= 15 is 0 Å². The van der Waals surface area contributed by atoms with E-state index in [1.165, 1.54) is 4.68 Å². The number of nitrogens with one attached hydrogen (secondary N) is 1. The summed E-state index contributed by atoms with van der Waals surface area (Å²) in [4.78, 5) is 25.7. The molecule has 7 heteroatoms. The lowest BCUT2D eigenvalue weighted by Gasteiger charge is -2.11. The molecule has 0 aliphatic rings. The minimum Gasteiger partial charge on any atom is -0.324 e. The zero-order chi connectivity index (χ0) is 21.4. The highest BCUT2D eigenvalue weighted by atomic mass is 16.2. The number of fused-ring (bicyclic) bond motifs is 1. The molecule has 152 valence electrons. The first-order valence-electron chi connectivity index (χ1n) is 9.73. The van der Waals surface area contributed by atoms with Gasteiger partial charge in [0.15, 0.2) is 0 Å². The zero-order valence-electron chi connectivity index (χ0n) is 17.4. The number of amides is 1. The second kappa shape index (κ2) is 7.59. The lowest BCUT2D eigenvalue weighted by Crippen LogP contribution is -2.31. The lowest BCUT2D eigenvalue weighted by molar-refractivity contribution is -0.117. The van der Waals surface area contributed by atoms with Crippen molar-refractivity contribution in [2.45, 2.75) is 34.2 Å². The summed E-state index contributed by atoms with van der Waals surface area (Å²) in [6.07, 6.45) is 1.65. The molecule has 0 aliphatic heterocycles. The van der Waals surface area contributed by atoms with Gasteiger partial charge in [0, 0.05) is 11.1 Å². The lowest BCUT2D eigenvalue weighted by atomic mass is 10.1. The van der Waals surface area contributed by atoms with Crippen molar-refractivity contribution in [1.82, 2.24) is 19.6 Å². The zero-order valence-corrected chi connectivity index (χ0v) is 17.4. The Balaban J connectivity index is 1.73. The van der Waals surface area contributed by atoms with Gasteiger partial charge in [0.05, 0.1) is 17.6 Å². The number of aryl methyl sites for hydroxylation is 4. The molecular formula is C23H23N5O2. The van der Waals surface area contributed by atoms with E-state index in [9.17, 15) is 9.59 Å². The molecule has 7 nitrogen and oxygen atoms in total. The van der Waals surface area contributed by atoms with Crippen molar-refractivity contribution >= 4 is 22.5 Å². The highest BCUT2D eigenvalue weighted by molar-refractivity contribution is 5.90. The van der Waals surface area contributed by atoms with Crippen molar-refractivity contribution in [3.8, 4) is 5.69 Å². The summed E-state index contributed by atoms with van der Waals surface area (Å²) in [5.41, 5.74) is 5.46. The summed E-state index contributed by atoms with van der Waals surface area (Å²) in [5, 5.41) is 12.2. The van der Waals surface area contributed by atoms with Crippen LogP contribution < -0.4 is 10.9 Å². The molecule has 2 heterocycles. The van der Waals surface area contributed by atoms with E-state index in [1.54, 1.807) is 10.9 Å². The summed E-state index contributed by atoms with van der Waals surface area (Å²) < 4.78 is 2.83. The number of anilines is 1. The first-order chi connectivity index (χ1) is 14.3. The molecule has 4 aromatic rings. The van der Waals surface area contributed by atoms with E-state index in [1.807, 2.05) is 70.2 Å². The topological polar surface area (TPSA) is 81.8 Å². The number of hydrogen-bond donors (Lipinski definition) is 1. The Kier molecular flexibility index (Phi) is 4.95. The van der Waals surface area contributed by atoms with E-state index in [4.69, 9.17) is 0 Å². The van der Waals surface area contributed by atoms with E-state index in [0.717, 1.165) is 22.4 Å². The van der Waals surface area contributed by atoms with Crippen LogP contribution in [0.5, 0.6) is 0 Å². The van der Waals surface area contributed by atoms with Gasteiger partial charge < -0.3 is 5.32 Å². The van der Waals surface area contributed by atoms with Crippen LogP contribution in [-0.4, -0.2) is 25.5 Å². The Labute approximate surface area is 174 Å². The highest BCUT2D eigenvalue weighted by Crippen LogP contribution is 2.20. The molecule has 1 amide bonds. The molecule has 0 spiro atoms. The fourth-order valence-electron chi connectivity index (χ4n) is 3.53. The van der Waals surface area contributed by atoms with Gasteiger partial charge in [0.25, 0.3) is 5.56 Å². The number of benzene rings is 2. The summed E-state index contributed by atoms with van der Waals surface area (Å²) in [7, 11) is 0. The fourth-order valence-corrected chi connectivity index (χ4v) is 3.53. The van der Waals surface area contributed by atoms with Crippen LogP contribution in [0.3, 0.4) is 0 Å². The number of rotatable bonds is 4. The van der Waals surface area contributed by atoms with Gasteiger partial charge in [-0.15, -0.1) is 0 Å². The van der Waals surface area contributed by atoms with Crippen LogP contribution >= 0.6 is 0 Å². The Hall–Kier alpha value is -3.74. The van der Waals surface area contributed by atoms with Crippen LogP contribution in [0.1, 0.15) is 22.4 Å². The van der Waals surface area contributed by atoms with Crippen molar-refractivity contribution < 1.29 is 4.79 Å². The summed E-state index contributed by atoms with van der Waals surface area (Å²) in [5.74, 6) is -0.315. The molecular weight excluding hydrogens is 378 g/mol. The third kappa shape index (κ3) is 3.61. The molecule has 0 saturated carbocycles. The molecule has 0 radical (unpaired) electrons. The maximum Gasteiger partial charge on any atom is 0.293 e. The molecule has 0 fully saturated rings. The van der Waals surface area contributed by atoms with E-state index < -0.39 is 0 Å². The molecule has 0 aliphatic carbocycles.